The molecule has 0 aromatic heterocycles. The van der Waals surface area contributed by atoms with Crippen LogP contribution in [0.4, 0.5) is 17.6 Å². The van der Waals surface area contributed by atoms with Gasteiger partial charge in [0.15, 0.2) is 38.0 Å². The molecule has 4 bridgehead atoms. The van der Waals surface area contributed by atoms with Crippen LogP contribution < -0.4 is 29.6 Å². The van der Waals surface area contributed by atoms with Gasteiger partial charge < -0.3 is 23.5 Å². The van der Waals surface area contributed by atoms with E-state index < -0.39 is 100.0 Å². The third-order valence-corrected chi connectivity index (χ3v) is 24.1. The summed E-state index contributed by atoms with van der Waals surface area (Å²) in [6, 6.07) is 64.1. The molecule has 8 atom stereocenters. The second-order valence-electron chi connectivity index (χ2n) is 19.2. The molecule has 2 fully saturated rings. The number of allylic oxidation sites excluding steroid dienone is 4. The number of carbonyl (C=O) groups excluding carboxylic acids is 4. The van der Waals surface area contributed by atoms with Gasteiger partial charge in [-0.15, -0.1) is 8.46 Å². The maximum absolute atomic E-state index is 13.1. The summed E-state index contributed by atoms with van der Waals surface area (Å²) in [5, 5.41) is -9.31. The van der Waals surface area contributed by atoms with Crippen LogP contribution in [0.1, 0.15) is 12.8 Å². The molecule has 24 heteroatoms. The van der Waals surface area contributed by atoms with E-state index in [9.17, 15) is 58.1 Å². The summed E-state index contributed by atoms with van der Waals surface area (Å²) >= 11 is 4.09. The fourth-order valence-electron chi connectivity index (χ4n) is 10.2. The Morgan fingerprint density at radius 1 is 0.488 bits per heavy atom. The van der Waals surface area contributed by atoms with Gasteiger partial charge in [0.2, 0.25) is 0 Å². The first kappa shape index (κ1) is 67.5. The molecule has 0 aliphatic heterocycles. The van der Waals surface area contributed by atoms with Crippen molar-refractivity contribution < 1.29 is 111 Å². The Hall–Kier alpha value is -5.60. The second kappa shape index (κ2) is 29.7. The van der Waals surface area contributed by atoms with Crippen LogP contribution in [-0.4, -0.2) is 87.8 Å². The number of alkyl halides is 4. The Labute approximate surface area is 519 Å². The van der Waals surface area contributed by atoms with Crippen LogP contribution in [0.3, 0.4) is 0 Å². The van der Waals surface area contributed by atoms with Crippen molar-refractivity contribution in [2.45, 2.75) is 52.7 Å². The third kappa shape index (κ3) is 16.1. The number of ether oxygens (including phenoxy) is 4. The second-order valence-corrected chi connectivity index (χ2v) is 29.7. The van der Waals surface area contributed by atoms with Gasteiger partial charge in [-0.05, 0) is 124 Å². The van der Waals surface area contributed by atoms with Crippen LogP contribution in [0, 0.1) is 47.3 Å². The molecular weight excluding hydrogens is 1250 g/mol. The number of hydrogen-bond acceptors (Lipinski definition) is 13. The van der Waals surface area contributed by atoms with Crippen LogP contribution >= 0.6 is 23.3 Å². The number of fused-ring (bicyclic) bond motifs is 4. The molecule has 6 aromatic rings. The first-order chi connectivity index (χ1) is 39.4. The molecule has 0 saturated heterocycles. The fraction of sp³-hybridized carbons (Fsp3) is 0.267. The van der Waals surface area contributed by atoms with Crippen molar-refractivity contribution in [3.05, 3.63) is 206 Å². The van der Waals surface area contributed by atoms with Gasteiger partial charge in [-0.2, -0.15) is 26.0 Å². The van der Waals surface area contributed by atoms with Crippen LogP contribution in [0.2, 0.25) is 0 Å². The van der Waals surface area contributed by atoms with Gasteiger partial charge in [0.1, 0.15) is 0 Å². The molecule has 0 radical (unpaired) electrons. The maximum Gasteiger partial charge on any atom is 1.00 e. The molecule has 6 aromatic carbocycles. The number of hydrogen-bond donors (Lipinski definition) is 1. The molecule has 14 nitrogen and oxygen atoms in total. The van der Waals surface area contributed by atoms with Gasteiger partial charge in [-0.3, -0.25) is 23.7 Å². The van der Waals surface area contributed by atoms with Gasteiger partial charge in [0.25, 0.3) is 0 Å². The monoisotopic (exact) mass is 1310 g/mol. The molecule has 0 heterocycles. The first-order valence-corrected chi connectivity index (χ1v) is 33.1. The molecule has 84 heavy (non-hydrogen) atoms. The SMILES string of the molecule is BrS(c1ccccc1)(c1ccccc1)c1ccccc1.COC(=O)C1C2C=CC(C2)C1C(=O)OCC(F)(F)S(=O)(=O)O.COC(=O)C1C2C=CC(C2)C1C(=O)OCC(F)(F)S(=O)(=O)[O-].[Na+].c1ccc([S+](c2ccccc2)c2ccccc2)cc1. The normalized spacial score (nSPS) is 21.2. The number of methoxy groups -OCH3 is 2. The molecule has 8 unspecified atom stereocenters. The quantitative estimate of drug-likeness (QED) is 0.0182. The van der Waals surface area contributed by atoms with Crippen LogP contribution in [0.15, 0.2) is 236 Å². The van der Waals surface area contributed by atoms with E-state index in [1.54, 1.807) is 24.3 Å². The van der Waals surface area contributed by atoms with Crippen molar-refractivity contribution in [2.75, 3.05) is 27.4 Å². The summed E-state index contributed by atoms with van der Waals surface area (Å²) in [6.07, 6.45) is 7.84. The van der Waals surface area contributed by atoms with Crippen molar-refractivity contribution >= 4 is 78.3 Å². The Balaban J connectivity index is 0.000000179. The molecule has 2 saturated carbocycles. The largest absolute Gasteiger partial charge is 1.00 e. The van der Waals surface area contributed by atoms with E-state index in [1.807, 2.05) is 0 Å². The molecule has 4 aliphatic carbocycles. The number of rotatable bonds is 16. The minimum absolute atomic E-state index is 0. The number of benzene rings is 6. The Morgan fingerprint density at radius 3 is 0.988 bits per heavy atom. The Bertz CT molecular complexity index is 3160. The van der Waals surface area contributed by atoms with Gasteiger partial charge in [0.05, 0.1) is 48.8 Å². The molecule has 0 amide bonds. The third-order valence-electron chi connectivity index (χ3n) is 14.1. The summed E-state index contributed by atoms with van der Waals surface area (Å²) in [6.45, 7) is -3.68. The van der Waals surface area contributed by atoms with E-state index in [4.69, 9.17) is 4.55 Å². The van der Waals surface area contributed by atoms with Crippen molar-refractivity contribution in [3.8, 4) is 0 Å². The molecule has 440 valence electrons. The van der Waals surface area contributed by atoms with Crippen LogP contribution in [0.5, 0.6) is 0 Å². The summed E-state index contributed by atoms with van der Waals surface area (Å²) in [5.74, 6) is -8.49. The first-order valence-electron chi connectivity index (χ1n) is 25.5. The predicted octanol–water partition coefficient (Wildman–Crippen LogP) is 8.96. The molecular formula is C60H57BrF4NaO14S4+. The Kier molecular flexibility index (Phi) is 23.8. The summed E-state index contributed by atoms with van der Waals surface area (Å²) in [7, 11) is -10.7. The summed E-state index contributed by atoms with van der Waals surface area (Å²) in [5.41, 5.74) is 0. The minimum Gasteiger partial charge on any atom is -0.743 e. The van der Waals surface area contributed by atoms with E-state index >= 15 is 0 Å². The minimum atomic E-state index is -5.93. The maximum atomic E-state index is 13.1. The van der Waals surface area contributed by atoms with Gasteiger partial charge in [-0.1, -0.05) is 133 Å². The predicted molar refractivity (Wildman–Crippen MR) is 305 cm³/mol. The van der Waals surface area contributed by atoms with Gasteiger partial charge in [-0.25, -0.2) is 8.42 Å². The number of halogens is 5. The smallest absolute Gasteiger partial charge is 0.743 e. The molecule has 10 rings (SSSR count). The van der Waals surface area contributed by atoms with Crippen LogP contribution in [-0.2, 0) is 69.3 Å². The van der Waals surface area contributed by atoms with Crippen molar-refractivity contribution in [3.63, 3.8) is 0 Å². The average Bonchev–Trinajstić information content (AvgIpc) is 1.96. The fourth-order valence-corrected chi connectivity index (χ4v) is 17.0. The standard InChI is InChI=1S/C18H15BrS.C18H15S.2C12H14F2O7S.Na/c19-20(16-10-4-1-5-11-16,17-12-6-2-7-13-17)18-14-8-3-9-15-18;1-4-10-16(11-5-1)19(17-12-6-2-7-13-17)18-14-8-3-9-15-18;2*1-20-10(15)8-6-2-3-7(4-6)9(8)11(16)21-5-12(13,14)22(17,18)19;/h1-15H;1-15H;2*2-3,6-9H,4-5H2,1H3,(H,17,18,19);/q;+1;;;+1/p-1. The molecule has 4 aliphatic rings. The van der Waals surface area contributed by atoms with E-state index in [2.05, 4.69) is 216 Å². The van der Waals surface area contributed by atoms with E-state index in [-0.39, 0.29) is 64.1 Å². The summed E-state index contributed by atoms with van der Waals surface area (Å²) in [4.78, 5) is 55.4. The topological polar surface area (TPSA) is 217 Å². The van der Waals surface area contributed by atoms with E-state index in [1.165, 1.54) is 29.4 Å². The van der Waals surface area contributed by atoms with Crippen molar-refractivity contribution in [2.24, 2.45) is 47.3 Å². The van der Waals surface area contributed by atoms with Crippen molar-refractivity contribution in [1.82, 2.24) is 0 Å². The van der Waals surface area contributed by atoms with Crippen LogP contribution in [0.25, 0.3) is 0 Å². The zero-order chi connectivity index (χ0) is 60.2. The number of esters is 4. The van der Waals surface area contributed by atoms with Gasteiger partial charge in [0, 0.05) is 14.7 Å². The van der Waals surface area contributed by atoms with E-state index in [0.717, 1.165) is 14.2 Å². The van der Waals surface area contributed by atoms with E-state index in [0.29, 0.717) is 12.8 Å². The average molecular weight is 1310 g/mol. The number of carbonyl (C=O) groups is 4. The Morgan fingerprint density at radius 2 is 0.738 bits per heavy atom. The summed E-state index contributed by atoms with van der Waals surface area (Å²) < 4.78 is 130. The van der Waals surface area contributed by atoms with Crippen molar-refractivity contribution in [1.29, 1.82) is 0 Å². The zero-order valence-corrected chi connectivity index (χ0v) is 52.2. The molecule has 0 spiro atoms. The zero-order valence-electron chi connectivity index (χ0n) is 45.4. The van der Waals surface area contributed by atoms with Gasteiger partial charge >= 0.3 is 74.1 Å². The molecule has 1 N–H and O–H groups in total.